The summed E-state index contributed by atoms with van der Waals surface area (Å²) < 4.78 is 2.74. The summed E-state index contributed by atoms with van der Waals surface area (Å²) >= 11 is 3.66. The van der Waals surface area contributed by atoms with Crippen LogP contribution in [-0.2, 0) is 0 Å². The molecule has 0 atom stereocenters. The highest BCUT2D eigenvalue weighted by atomic mass is 79.9. The van der Waals surface area contributed by atoms with Gasteiger partial charge in [0.25, 0.3) is 0 Å². The van der Waals surface area contributed by atoms with Crippen LogP contribution in [0.5, 0.6) is 0 Å². The summed E-state index contributed by atoms with van der Waals surface area (Å²) in [5.74, 6) is 1.49. The average Bonchev–Trinajstić information content (AvgIpc) is 3.29. The van der Waals surface area contributed by atoms with E-state index in [-0.39, 0.29) is 0 Å². The van der Waals surface area contributed by atoms with Crippen molar-refractivity contribution >= 4 is 32.6 Å². The number of nitrogens with zero attached hydrogens (tertiary/aromatic N) is 5. The minimum absolute atomic E-state index is 0.646. The van der Waals surface area contributed by atoms with Gasteiger partial charge in [0.05, 0.1) is 22.4 Å². The number of nitrogens with one attached hydrogen (secondary N) is 1. The van der Waals surface area contributed by atoms with Crippen molar-refractivity contribution in [2.45, 2.75) is 13.8 Å². The number of rotatable bonds is 2. The molecule has 0 aliphatic rings. The van der Waals surface area contributed by atoms with Gasteiger partial charge in [-0.2, -0.15) is 0 Å². The monoisotopic (exact) mass is 418 g/mol. The van der Waals surface area contributed by atoms with Crippen molar-refractivity contribution in [3.63, 3.8) is 0 Å². The predicted octanol–water partition coefficient (Wildman–Crippen LogP) is 4.71. The van der Waals surface area contributed by atoms with Crippen LogP contribution in [0.4, 0.5) is 0 Å². The van der Waals surface area contributed by atoms with Crippen molar-refractivity contribution in [2.24, 2.45) is 0 Å². The molecule has 0 bridgehead atoms. The number of hydrogen-bond donors (Lipinski definition) is 1. The van der Waals surface area contributed by atoms with E-state index in [0.29, 0.717) is 5.82 Å². The molecular formula is C20H15BrN6. The highest BCUT2D eigenvalue weighted by Gasteiger charge is 2.15. The van der Waals surface area contributed by atoms with Crippen LogP contribution < -0.4 is 0 Å². The Bertz CT molecular complexity index is 1260. The molecule has 1 N–H and O–H groups in total. The molecule has 0 aliphatic carbocycles. The van der Waals surface area contributed by atoms with Gasteiger partial charge in [-0.25, -0.2) is 14.5 Å². The second-order valence-electron chi connectivity index (χ2n) is 6.46. The number of aryl methyl sites for hydroxylation is 2. The number of benzene rings is 2. The Hall–Kier alpha value is -3.06. The Morgan fingerprint density at radius 3 is 2.63 bits per heavy atom. The first kappa shape index (κ1) is 16.1. The van der Waals surface area contributed by atoms with Gasteiger partial charge in [-0.15, -0.1) is 5.10 Å². The zero-order valence-corrected chi connectivity index (χ0v) is 16.3. The predicted molar refractivity (Wildman–Crippen MR) is 108 cm³/mol. The lowest BCUT2D eigenvalue weighted by Crippen LogP contribution is -1.97. The van der Waals surface area contributed by atoms with Gasteiger partial charge in [-0.1, -0.05) is 30.3 Å². The van der Waals surface area contributed by atoms with Crippen molar-refractivity contribution in [2.75, 3.05) is 0 Å². The molecule has 0 amide bonds. The van der Waals surface area contributed by atoms with Crippen LogP contribution >= 0.6 is 15.9 Å². The molecule has 5 aromatic rings. The van der Waals surface area contributed by atoms with E-state index in [1.54, 1.807) is 6.20 Å². The highest BCUT2D eigenvalue weighted by Crippen LogP contribution is 2.32. The third kappa shape index (κ3) is 2.62. The molecule has 0 saturated heterocycles. The first-order valence-electron chi connectivity index (χ1n) is 8.54. The first-order valence-corrected chi connectivity index (χ1v) is 9.33. The topological polar surface area (TPSA) is 71.8 Å². The summed E-state index contributed by atoms with van der Waals surface area (Å²) in [5, 5.41) is 4.67. The molecule has 6 nitrogen and oxygen atoms in total. The number of aromatic nitrogens is 6. The number of imidazole rings is 1. The van der Waals surface area contributed by atoms with Crippen molar-refractivity contribution in [1.82, 2.24) is 29.5 Å². The van der Waals surface area contributed by atoms with Crippen LogP contribution in [0.1, 0.15) is 11.4 Å². The van der Waals surface area contributed by atoms with Crippen LogP contribution in [0.3, 0.4) is 0 Å². The lowest BCUT2D eigenvalue weighted by molar-refractivity contribution is 0.891. The van der Waals surface area contributed by atoms with E-state index in [2.05, 4.69) is 31.0 Å². The van der Waals surface area contributed by atoms with Crippen LogP contribution in [0.15, 0.2) is 53.1 Å². The summed E-state index contributed by atoms with van der Waals surface area (Å²) in [4.78, 5) is 17.2. The maximum Gasteiger partial charge on any atom is 0.183 e. The van der Waals surface area contributed by atoms with Crippen molar-refractivity contribution in [3.05, 3.63) is 64.5 Å². The maximum atomic E-state index is 4.75. The van der Waals surface area contributed by atoms with Crippen molar-refractivity contribution < 1.29 is 0 Å². The van der Waals surface area contributed by atoms with Gasteiger partial charge >= 0.3 is 0 Å². The standard InChI is InChI=1S/C20H15BrN6/c1-11-10-22-12(2)20-25-19(26-27(11)20)14-8-16-17(9-15(14)21)24-18(23-16)13-6-4-3-5-7-13/h3-10H,1-2H3,(H,23,24). The van der Waals surface area contributed by atoms with Crippen molar-refractivity contribution in [1.29, 1.82) is 0 Å². The van der Waals surface area contributed by atoms with E-state index in [1.165, 1.54) is 0 Å². The Kier molecular flexibility index (Phi) is 3.58. The fraction of sp³-hybridized carbons (Fsp3) is 0.100. The van der Waals surface area contributed by atoms with Crippen molar-refractivity contribution in [3.8, 4) is 22.8 Å². The summed E-state index contributed by atoms with van der Waals surface area (Å²) in [6.45, 7) is 3.90. The highest BCUT2D eigenvalue weighted by molar-refractivity contribution is 9.10. The summed E-state index contributed by atoms with van der Waals surface area (Å²) in [6, 6.07) is 14.1. The number of H-pyrrole nitrogens is 1. The van der Waals surface area contributed by atoms with E-state index in [4.69, 9.17) is 9.97 Å². The Balaban J connectivity index is 1.69. The molecule has 7 heteroatoms. The molecule has 3 aromatic heterocycles. The molecule has 5 rings (SSSR count). The molecule has 132 valence electrons. The zero-order valence-electron chi connectivity index (χ0n) is 14.7. The number of hydrogen-bond acceptors (Lipinski definition) is 4. The van der Waals surface area contributed by atoms with E-state index in [1.807, 2.05) is 60.8 Å². The quantitative estimate of drug-likeness (QED) is 0.450. The molecule has 0 fully saturated rings. The average molecular weight is 419 g/mol. The van der Waals surface area contributed by atoms with E-state index in [0.717, 1.165) is 49.5 Å². The molecule has 0 saturated carbocycles. The second kappa shape index (κ2) is 5.99. The fourth-order valence-electron chi connectivity index (χ4n) is 3.14. The van der Waals surface area contributed by atoms with Crippen LogP contribution in [0.2, 0.25) is 0 Å². The van der Waals surface area contributed by atoms with E-state index >= 15 is 0 Å². The van der Waals surface area contributed by atoms with Gasteiger partial charge in [0.1, 0.15) is 5.82 Å². The van der Waals surface area contributed by atoms with E-state index in [9.17, 15) is 0 Å². The lowest BCUT2D eigenvalue weighted by atomic mass is 10.2. The Morgan fingerprint density at radius 1 is 1.04 bits per heavy atom. The molecule has 2 aromatic carbocycles. The zero-order chi connectivity index (χ0) is 18.5. The summed E-state index contributed by atoms with van der Waals surface area (Å²) in [6.07, 6.45) is 1.80. The van der Waals surface area contributed by atoms with E-state index < -0.39 is 0 Å². The smallest absolute Gasteiger partial charge is 0.183 e. The van der Waals surface area contributed by atoms with Gasteiger partial charge in [0.2, 0.25) is 0 Å². The number of halogens is 1. The Morgan fingerprint density at radius 2 is 1.85 bits per heavy atom. The fourth-order valence-corrected chi connectivity index (χ4v) is 3.66. The minimum atomic E-state index is 0.646. The third-order valence-corrected chi connectivity index (χ3v) is 5.22. The lowest BCUT2D eigenvalue weighted by Gasteiger charge is -1.99. The second-order valence-corrected chi connectivity index (χ2v) is 7.31. The van der Waals surface area contributed by atoms with Crippen LogP contribution in [-0.4, -0.2) is 29.5 Å². The molecule has 3 heterocycles. The molecular weight excluding hydrogens is 404 g/mol. The molecule has 0 unspecified atom stereocenters. The third-order valence-electron chi connectivity index (χ3n) is 4.57. The minimum Gasteiger partial charge on any atom is -0.338 e. The van der Waals surface area contributed by atoms with Gasteiger partial charge in [-0.3, -0.25) is 4.98 Å². The van der Waals surface area contributed by atoms with Gasteiger partial charge in [-0.05, 0) is 41.9 Å². The maximum absolute atomic E-state index is 4.75. The largest absolute Gasteiger partial charge is 0.338 e. The SMILES string of the molecule is Cc1ncc(C)n2nc(-c3cc4nc(-c5ccccc5)[nH]c4cc3Br)nc12. The first-order chi connectivity index (χ1) is 13.1. The normalized spacial score (nSPS) is 11.5. The van der Waals surface area contributed by atoms with Crippen LogP contribution in [0, 0.1) is 13.8 Å². The molecule has 0 aliphatic heterocycles. The van der Waals surface area contributed by atoms with Gasteiger partial charge in [0.15, 0.2) is 11.5 Å². The van der Waals surface area contributed by atoms with Gasteiger partial charge in [0, 0.05) is 21.8 Å². The number of aromatic amines is 1. The number of fused-ring (bicyclic) bond motifs is 2. The molecule has 27 heavy (non-hydrogen) atoms. The summed E-state index contributed by atoms with van der Waals surface area (Å²) in [5.41, 5.74) is 6.34. The molecule has 0 radical (unpaired) electrons. The van der Waals surface area contributed by atoms with Gasteiger partial charge < -0.3 is 4.98 Å². The molecule has 0 spiro atoms. The Labute approximate surface area is 163 Å². The summed E-state index contributed by atoms with van der Waals surface area (Å²) in [7, 11) is 0. The van der Waals surface area contributed by atoms with Crippen LogP contribution in [0.25, 0.3) is 39.5 Å².